The summed E-state index contributed by atoms with van der Waals surface area (Å²) in [7, 11) is 1.51. The quantitative estimate of drug-likeness (QED) is 0.0350. The van der Waals surface area contributed by atoms with Gasteiger partial charge in [-0.3, -0.25) is 43.2 Å². The number of methoxy groups -OCH3 is 2. The lowest BCUT2D eigenvalue weighted by Gasteiger charge is -2.38. The Bertz CT molecular complexity index is 6380. The molecule has 0 radical (unpaired) electrons. The number of phenols is 2. The van der Waals surface area contributed by atoms with Gasteiger partial charge in [-0.1, -0.05) is 112 Å². The molecule has 3 aliphatic heterocycles. The smallest absolute Gasteiger partial charge is 0.335 e. The van der Waals surface area contributed by atoms with E-state index in [9.17, 15) is 73.5 Å². The number of phenolic OH excluding ortho intramolecular Hbond substituents is 2. The van der Waals surface area contributed by atoms with E-state index >= 15 is 0 Å². The molecule has 0 atom stereocenters. The molecule has 9 aromatic carbocycles. The van der Waals surface area contributed by atoms with Crippen LogP contribution >= 0.6 is 0 Å². The first kappa shape index (κ1) is 89.3. The molecule has 0 unspecified atom stereocenters. The van der Waals surface area contributed by atoms with Crippen molar-refractivity contribution in [3.63, 3.8) is 0 Å². The van der Waals surface area contributed by atoms with E-state index in [4.69, 9.17) is 9.47 Å². The molecule has 126 heavy (non-hydrogen) atoms. The summed E-state index contributed by atoms with van der Waals surface area (Å²) in [5.74, 6) is -5.73. The number of carboxylic acid groups (broad SMARTS) is 3. The molecule has 2 amide bonds. The number of fused-ring (bicyclic) bond motifs is 6. The molecule has 5 N–H and O–H groups in total. The van der Waals surface area contributed by atoms with Gasteiger partial charge in [-0.05, 0) is 312 Å². The third kappa shape index (κ3) is 17.9. The van der Waals surface area contributed by atoms with Crippen LogP contribution in [0.5, 0.6) is 11.5 Å². The first-order valence-electron chi connectivity index (χ1n) is 40.8. The van der Waals surface area contributed by atoms with Gasteiger partial charge in [-0.15, -0.1) is 0 Å². The number of nitrogens with zero attached hydrogens (tertiary/aromatic N) is 5. The molecule has 640 valence electrons. The van der Waals surface area contributed by atoms with Crippen LogP contribution in [0.25, 0.3) is 16.7 Å². The summed E-state index contributed by atoms with van der Waals surface area (Å²) in [6.07, 6.45) is 15.8. The molecule has 3 heterocycles. The van der Waals surface area contributed by atoms with Crippen LogP contribution in [0.15, 0.2) is 269 Å². The predicted molar refractivity (Wildman–Crippen MR) is 499 cm³/mol. The number of aromatic carboxylic acids is 1. The van der Waals surface area contributed by atoms with Crippen molar-refractivity contribution in [1.82, 2.24) is 9.80 Å². The summed E-state index contributed by atoms with van der Waals surface area (Å²) in [5, 5.41) is 54.1. The van der Waals surface area contributed by atoms with Crippen molar-refractivity contribution >= 4 is 150 Å². The molecule has 0 spiro atoms. The molecule has 0 aromatic heterocycles. The second-order valence-electron chi connectivity index (χ2n) is 33.5. The lowest BCUT2D eigenvalue weighted by atomic mass is 9.87. The van der Waals surface area contributed by atoms with Crippen LogP contribution in [0.2, 0.25) is 39.3 Å². The highest BCUT2D eigenvalue weighted by Gasteiger charge is 2.44. The average molecular weight is 1740 g/mol. The van der Waals surface area contributed by atoms with Crippen molar-refractivity contribution in [1.29, 1.82) is 0 Å². The van der Waals surface area contributed by atoms with Crippen LogP contribution in [0.4, 0.5) is 34.1 Å². The van der Waals surface area contributed by atoms with Crippen LogP contribution in [-0.2, 0) is 43.0 Å². The lowest BCUT2D eigenvalue weighted by molar-refractivity contribution is -0.145. The standard InChI is InChI=1S/C37H38N2O6Si.C34H32N2O7Si.C30H27NO4Si/c1-23-8-11-26(12-9-23)38(3)27-13-16-30-32(19-27)46(6,7)33-20-28(40)14-17-31(33)36(30)29-15-10-25(18-24(29)2)37(43)39(21-34(41)44-4)22-35(42)45-5;1-20-15-21(34(43)36(18-31(39)40)19-32(41)42)5-12-26(20)33-27-13-8-23(35(2)22-6-9-24(37)10-7-22)16-29(27)44(3,4)30-17-25(38)11-14-28(30)33;1-18-15-19(30(34)35)5-12-24(18)29-25-13-8-21(31(2)20-6-9-22(32)10-7-20)16-27(25)36(3,4)28-17-23(33)11-14-26(28)29/h8-20H,21-22H2,1-7H3;5-17,37H,18-19H2,1-4H3,(H,39,40)(H,41,42);5-17,32H,1-4H3,(H,34,35). The second kappa shape index (κ2) is 35.8. The molecule has 9 aromatic rings. The Morgan fingerprint density at radius 2 is 0.603 bits per heavy atom. The van der Waals surface area contributed by atoms with Gasteiger partial charge >= 0.3 is 29.8 Å². The van der Waals surface area contributed by atoms with E-state index in [2.05, 4.69) is 136 Å². The molecular formula is C101H97N5O17Si3. The van der Waals surface area contributed by atoms with Gasteiger partial charge in [-0.2, -0.15) is 0 Å². The number of aryl methyl sites for hydroxylation is 4. The fourth-order valence-electron chi connectivity index (χ4n) is 17.3. The van der Waals surface area contributed by atoms with Gasteiger partial charge in [0.05, 0.1) is 19.8 Å². The Labute approximate surface area is 734 Å². The van der Waals surface area contributed by atoms with Gasteiger partial charge in [0.2, 0.25) is 0 Å². The van der Waals surface area contributed by atoms with E-state index in [-0.39, 0.29) is 53.1 Å². The third-order valence-electron chi connectivity index (χ3n) is 24.2. The van der Waals surface area contributed by atoms with Crippen LogP contribution in [-0.4, -0.2) is 180 Å². The number of allylic oxidation sites excluding steroid dienone is 15. The molecule has 0 saturated heterocycles. The van der Waals surface area contributed by atoms with Crippen LogP contribution in [0, 0.1) is 27.7 Å². The number of carbonyl (C=O) groups is 10. The summed E-state index contributed by atoms with van der Waals surface area (Å²) < 4.78 is 9.48. The molecule has 22 nitrogen and oxygen atoms in total. The summed E-state index contributed by atoms with van der Waals surface area (Å²) in [4.78, 5) is 131. The van der Waals surface area contributed by atoms with Crippen LogP contribution in [0.3, 0.4) is 0 Å². The summed E-state index contributed by atoms with van der Waals surface area (Å²) in [5.41, 5.74) is 22.3. The Balaban J connectivity index is 0.000000163. The third-order valence-corrected chi connectivity index (χ3v) is 34.8. The molecule has 3 aliphatic carbocycles. The van der Waals surface area contributed by atoms with E-state index in [0.717, 1.165) is 148 Å². The fraction of sp³-hybridized carbons (Fsp3) is 0.188. The number of amides is 2. The number of ketones is 3. The Kier molecular flexibility index (Phi) is 25.4. The van der Waals surface area contributed by atoms with E-state index < -0.39 is 79.0 Å². The van der Waals surface area contributed by atoms with Gasteiger partial charge in [0.25, 0.3) is 11.8 Å². The minimum absolute atomic E-state index is 0.00700. The zero-order chi connectivity index (χ0) is 91.0. The largest absolute Gasteiger partial charge is 0.508 e. The van der Waals surface area contributed by atoms with Gasteiger partial charge < -0.3 is 59.5 Å². The molecule has 25 heteroatoms. The van der Waals surface area contributed by atoms with E-state index in [1.807, 2.05) is 100 Å². The summed E-state index contributed by atoms with van der Waals surface area (Å²) >= 11 is 0. The Hall–Kier alpha value is -14.4. The number of aliphatic carboxylic acids is 2. The molecule has 0 fully saturated rings. The maximum absolute atomic E-state index is 13.5. The summed E-state index contributed by atoms with van der Waals surface area (Å²) in [6.45, 7) is 19.1. The zero-order valence-electron chi connectivity index (χ0n) is 72.7. The zero-order valence-corrected chi connectivity index (χ0v) is 75.7. The van der Waals surface area contributed by atoms with Gasteiger partial charge in [-0.25, -0.2) is 4.79 Å². The van der Waals surface area contributed by atoms with Gasteiger partial charge in [0, 0.05) is 66.4 Å². The van der Waals surface area contributed by atoms with Crippen molar-refractivity contribution < 1.29 is 83.0 Å². The van der Waals surface area contributed by atoms with Crippen molar-refractivity contribution in [2.24, 2.45) is 0 Å². The highest BCUT2D eigenvalue weighted by atomic mass is 28.3. The minimum atomic E-state index is -2.38. The topological polar surface area (TPSA) is 307 Å². The van der Waals surface area contributed by atoms with E-state index in [1.54, 1.807) is 103 Å². The average Bonchev–Trinajstić information content (AvgIpc) is 0.727. The predicted octanol–water partition coefficient (Wildman–Crippen LogP) is 15.1. The van der Waals surface area contributed by atoms with Crippen molar-refractivity contribution in [2.75, 3.05) is 76.2 Å². The number of aromatic hydroxyl groups is 2. The van der Waals surface area contributed by atoms with Gasteiger partial charge in [0.15, 0.2) is 17.3 Å². The van der Waals surface area contributed by atoms with Crippen molar-refractivity contribution in [2.45, 2.75) is 67.0 Å². The molecule has 15 rings (SSSR count). The Morgan fingerprint density at radius 3 is 0.889 bits per heavy atom. The van der Waals surface area contributed by atoms with Gasteiger partial charge in [0.1, 0.15) is 61.9 Å². The fourth-order valence-corrected chi connectivity index (χ4v) is 26.5. The Morgan fingerprint density at radius 1 is 0.333 bits per heavy atom. The number of esters is 2. The minimum Gasteiger partial charge on any atom is -0.508 e. The molecule has 0 saturated carbocycles. The SMILES string of the molecule is COC(=O)CN(CC(=O)OC)C(=O)c1ccc(C2=C3C=CC(=O)C=C3[Si](C)(C)c3cc(N(C)c4ccc(C)cc4)ccc32)c(C)c1.Cc1cc(C(=O)N(CC(=O)O)CC(=O)O)ccc1C1=C2C=CC(=O)C=C2[Si](C)(C)c2cc(N(C)c3ccc(O)cc3)ccc21.Cc1cc(C(=O)O)ccc1C1=C2C=CC(=O)C=C2[Si](C)(C)c2cc(N(C)c3ccc(O)cc3)ccc21. The van der Waals surface area contributed by atoms with E-state index in [1.165, 1.54) is 30.2 Å². The van der Waals surface area contributed by atoms with Crippen LogP contribution < -0.4 is 30.3 Å². The first-order chi connectivity index (χ1) is 59.7. The number of ether oxygens (including phenoxy) is 2. The molecule has 6 aliphatic rings. The number of benzene rings is 9. The normalized spacial score (nSPS) is 15.0. The number of rotatable bonds is 20. The number of hydrogen-bond donors (Lipinski definition) is 5. The monoisotopic (exact) mass is 1740 g/mol. The second-order valence-corrected chi connectivity index (χ2v) is 46.5. The highest BCUT2D eigenvalue weighted by Crippen LogP contribution is 2.48. The first-order valence-corrected chi connectivity index (χ1v) is 49.8. The number of hydrogen-bond acceptors (Lipinski definition) is 17. The van der Waals surface area contributed by atoms with Crippen LogP contribution in [0.1, 0.15) is 86.7 Å². The number of anilines is 6. The van der Waals surface area contributed by atoms with Crippen molar-refractivity contribution in [3.05, 3.63) is 341 Å². The highest BCUT2D eigenvalue weighted by molar-refractivity contribution is 6.99. The molecule has 0 bridgehead atoms. The number of carboxylic acids is 3. The maximum Gasteiger partial charge on any atom is 0.335 e. The molecular weight excluding hydrogens is 1640 g/mol. The van der Waals surface area contributed by atoms with E-state index in [0.29, 0.717) is 5.56 Å². The summed E-state index contributed by atoms with van der Waals surface area (Å²) in [6, 6.07) is 57.4. The lowest BCUT2D eigenvalue weighted by Crippen LogP contribution is -2.49. The maximum atomic E-state index is 13.5. The van der Waals surface area contributed by atoms with Crippen molar-refractivity contribution in [3.8, 4) is 11.5 Å². The number of carbonyl (C=O) groups excluding carboxylic acids is 7.